The van der Waals surface area contributed by atoms with Gasteiger partial charge in [0.25, 0.3) is 0 Å². The van der Waals surface area contributed by atoms with Gasteiger partial charge in [0, 0.05) is 50.0 Å². The molecule has 18 heteroatoms. The summed E-state index contributed by atoms with van der Waals surface area (Å²) < 4.78 is 0. The van der Waals surface area contributed by atoms with Crippen molar-refractivity contribution < 1.29 is 43.8 Å². The Balaban J connectivity index is 1.50. The number of amides is 7. The van der Waals surface area contributed by atoms with Crippen LogP contribution in [-0.4, -0.2) is 111 Å². The summed E-state index contributed by atoms with van der Waals surface area (Å²) in [6.07, 6.45) is 3.23. The van der Waals surface area contributed by atoms with Crippen LogP contribution in [0.15, 0.2) is 79.0 Å². The molecule has 2 heterocycles. The average Bonchev–Trinajstić information content (AvgIpc) is 3.70. The topological polar surface area (TPSA) is 251 Å². The van der Waals surface area contributed by atoms with E-state index in [-0.39, 0.29) is 43.0 Å². The lowest BCUT2D eigenvalue weighted by Gasteiger charge is -2.35. The Morgan fingerprint density at radius 2 is 1.43 bits per heavy atom. The second kappa shape index (κ2) is 24.2. The molecule has 360 valence electrons. The van der Waals surface area contributed by atoms with Gasteiger partial charge in [0.15, 0.2) is 0 Å². The molecule has 0 aliphatic carbocycles. The van der Waals surface area contributed by atoms with Crippen molar-refractivity contribution in [3.05, 3.63) is 101 Å². The minimum absolute atomic E-state index is 0.0168. The van der Waals surface area contributed by atoms with E-state index in [0.717, 1.165) is 5.56 Å². The number of rotatable bonds is 13. The first-order chi connectivity index (χ1) is 32.0. The maximum atomic E-state index is 14.9. The summed E-state index contributed by atoms with van der Waals surface area (Å²) in [5, 5.41) is 37.8. The average molecular weight is 944 g/mol. The fourth-order valence-electron chi connectivity index (χ4n) is 8.04. The van der Waals surface area contributed by atoms with E-state index in [1.165, 1.54) is 18.0 Å². The molecular formula is C49H63ClN8O9. The number of halogens is 1. The molecule has 0 saturated carbocycles. The number of aliphatic carboxylic acids is 1. The second-order valence-electron chi connectivity index (χ2n) is 17.4. The molecule has 4 aromatic rings. The van der Waals surface area contributed by atoms with Crippen LogP contribution < -0.4 is 31.9 Å². The van der Waals surface area contributed by atoms with Gasteiger partial charge in [0.05, 0.1) is 5.02 Å². The monoisotopic (exact) mass is 942 g/mol. The Morgan fingerprint density at radius 3 is 2.07 bits per heavy atom. The van der Waals surface area contributed by atoms with E-state index in [2.05, 4.69) is 36.9 Å². The Hall–Kier alpha value is -6.62. The molecule has 5 rings (SSSR count). The summed E-state index contributed by atoms with van der Waals surface area (Å²) in [5.74, 6) is -5.49. The number of carboxylic acid groups (broad SMARTS) is 1. The largest absolute Gasteiger partial charge is 0.506 e. The number of nitrogens with zero attached hydrogens (tertiary/aromatic N) is 1. The van der Waals surface area contributed by atoms with E-state index in [1.54, 1.807) is 56.4 Å². The zero-order valence-corrected chi connectivity index (χ0v) is 39.3. The van der Waals surface area contributed by atoms with Crippen molar-refractivity contribution in [2.45, 2.75) is 115 Å². The first kappa shape index (κ1) is 51.4. The van der Waals surface area contributed by atoms with Gasteiger partial charge in [0.2, 0.25) is 29.5 Å². The third-order valence-electron chi connectivity index (χ3n) is 12.6. The Kier molecular flexibility index (Phi) is 18.6. The quantitative estimate of drug-likeness (QED) is 0.0923. The minimum atomic E-state index is -1.32. The molecule has 8 atom stereocenters. The molecule has 67 heavy (non-hydrogen) atoms. The predicted molar refractivity (Wildman–Crippen MR) is 254 cm³/mol. The van der Waals surface area contributed by atoms with Crippen molar-refractivity contribution in [2.75, 3.05) is 13.6 Å². The first-order valence-electron chi connectivity index (χ1n) is 22.8. The number of carbonyl (C=O) groups is 7. The van der Waals surface area contributed by atoms with Gasteiger partial charge < -0.3 is 52.0 Å². The molecule has 1 fully saturated rings. The van der Waals surface area contributed by atoms with Gasteiger partial charge in [0.1, 0.15) is 42.0 Å². The molecule has 0 bridgehead atoms. The highest BCUT2D eigenvalue weighted by Gasteiger charge is 2.39. The number of aromatic amines is 1. The summed E-state index contributed by atoms with van der Waals surface area (Å²) in [4.78, 5) is 102. The number of benzene rings is 3. The normalized spacial score (nSPS) is 21.9. The highest BCUT2D eigenvalue weighted by Crippen LogP contribution is 2.31. The van der Waals surface area contributed by atoms with Crippen molar-refractivity contribution >= 4 is 64.0 Å². The molecule has 0 spiro atoms. The number of H-pyrrole nitrogens is 1. The van der Waals surface area contributed by atoms with E-state index in [9.17, 15) is 43.8 Å². The van der Waals surface area contributed by atoms with Crippen LogP contribution in [0.25, 0.3) is 10.9 Å². The van der Waals surface area contributed by atoms with Crippen LogP contribution in [0.5, 0.6) is 5.75 Å². The van der Waals surface area contributed by atoms with Gasteiger partial charge in [-0.25, -0.2) is 9.59 Å². The molecule has 17 nitrogen and oxygen atoms in total. The Labute approximate surface area is 395 Å². The maximum absolute atomic E-state index is 14.9. The number of hydrogen-bond acceptors (Lipinski definition) is 8. The molecule has 1 aliphatic heterocycles. The third-order valence-corrected chi connectivity index (χ3v) is 12.9. The molecule has 1 saturated heterocycles. The predicted octanol–water partition coefficient (Wildman–Crippen LogP) is 4.35. The van der Waals surface area contributed by atoms with Crippen molar-refractivity contribution in [1.29, 1.82) is 0 Å². The zero-order chi connectivity index (χ0) is 48.8. The van der Waals surface area contributed by atoms with Crippen LogP contribution in [0.3, 0.4) is 0 Å². The number of carbonyl (C=O) groups excluding carboxylic acids is 6. The summed E-state index contributed by atoms with van der Waals surface area (Å²) >= 11 is 6.20. The number of aromatic hydroxyl groups is 1. The molecule has 3 aromatic carbocycles. The van der Waals surface area contributed by atoms with E-state index >= 15 is 0 Å². The number of phenolic OH excluding ortho intramolecular Hbond substituents is 1. The van der Waals surface area contributed by atoms with Crippen molar-refractivity contribution in [3.63, 3.8) is 0 Å². The van der Waals surface area contributed by atoms with Crippen LogP contribution >= 0.6 is 11.6 Å². The highest BCUT2D eigenvalue weighted by molar-refractivity contribution is 6.32. The maximum Gasteiger partial charge on any atom is 0.326 e. The molecule has 7 amide bonds. The Morgan fingerprint density at radius 1 is 0.806 bits per heavy atom. The van der Waals surface area contributed by atoms with Crippen molar-refractivity contribution in [1.82, 2.24) is 41.8 Å². The summed E-state index contributed by atoms with van der Waals surface area (Å²) in [6.45, 7) is 7.36. The number of hydrogen-bond donors (Lipinski definition) is 9. The number of phenols is 1. The molecule has 9 N–H and O–H groups in total. The number of likely N-dealkylation sites (N-methyl/N-ethyl adjacent to an activating group) is 1. The molecule has 8 unspecified atom stereocenters. The van der Waals surface area contributed by atoms with Gasteiger partial charge in [-0.15, -0.1) is 0 Å². The molecular weight excluding hydrogens is 880 g/mol. The fourth-order valence-corrected chi connectivity index (χ4v) is 8.20. The van der Waals surface area contributed by atoms with E-state index in [1.807, 2.05) is 44.2 Å². The minimum Gasteiger partial charge on any atom is -0.506 e. The standard InChI is InChI=1S/C49H63ClN8O9/c1-6-28(3)41-46(63)57-42(29(4)7-2)47(64)58(5)39(24-32-27-52-36-26-34(50)40(59)25-33(32)36)45(62)53-37(22-30-16-10-8-11-17-30)43(60)51-21-15-14-20-35(44(61)56-41)54-49(67)55-38(48(65)66)23-31-18-12-9-13-19-31/h8-13,16-19,25-29,35,37-39,41-42,52,59H,6-7,14-15,20-24H2,1-5H3,(H,51,60)(H,53,62)(H,56,61)(H,57,63)(H,65,66)(H2,54,55,67). The lowest BCUT2D eigenvalue weighted by atomic mass is 9.93. The second-order valence-corrected chi connectivity index (χ2v) is 17.8. The number of aromatic nitrogens is 1. The van der Waals surface area contributed by atoms with Crippen LogP contribution in [0.1, 0.15) is 76.5 Å². The number of nitrogens with one attached hydrogen (secondary N) is 7. The molecule has 0 radical (unpaired) electrons. The summed E-state index contributed by atoms with van der Waals surface area (Å²) in [6, 6.07) is 12.7. The Bertz CT molecular complexity index is 2360. The summed E-state index contributed by atoms with van der Waals surface area (Å²) in [7, 11) is 1.45. The summed E-state index contributed by atoms with van der Waals surface area (Å²) in [5.41, 5.74) is 2.58. The smallest absolute Gasteiger partial charge is 0.326 e. The van der Waals surface area contributed by atoms with E-state index < -0.39 is 89.6 Å². The van der Waals surface area contributed by atoms with Gasteiger partial charge in [-0.2, -0.15) is 0 Å². The number of fused-ring (bicyclic) bond motifs is 1. The van der Waals surface area contributed by atoms with Crippen molar-refractivity contribution in [3.8, 4) is 5.75 Å². The van der Waals surface area contributed by atoms with Gasteiger partial charge in [-0.3, -0.25) is 24.0 Å². The highest BCUT2D eigenvalue weighted by atomic mass is 35.5. The van der Waals surface area contributed by atoms with Crippen LogP contribution in [0.2, 0.25) is 5.02 Å². The first-order valence-corrected chi connectivity index (χ1v) is 23.2. The SMILES string of the molecule is CCC(C)C1NC(=O)C(NC(=O)NC(Cc2ccccc2)C(=O)O)CCCCNC(=O)C(Cc2ccccc2)NC(=O)C(Cc2c[nH]c3cc(Cl)c(O)cc23)N(C)C(=O)C(C(C)CC)NC1=O. The van der Waals surface area contributed by atoms with Gasteiger partial charge in [-0.1, -0.05) is 113 Å². The van der Waals surface area contributed by atoms with Gasteiger partial charge in [-0.05, 0) is 59.9 Å². The lowest BCUT2D eigenvalue weighted by molar-refractivity contribution is -0.144. The van der Waals surface area contributed by atoms with E-state index in [4.69, 9.17) is 11.6 Å². The zero-order valence-electron chi connectivity index (χ0n) is 38.6. The molecule has 1 aliphatic rings. The molecule has 1 aromatic heterocycles. The third kappa shape index (κ3) is 14.0. The van der Waals surface area contributed by atoms with E-state index in [0.29, 0.717) is 47.7 Å². The van der Waals surface area contributed by atoms with Crippen LogP contribution in [0, 0.1) is 11.8 Å². The number of carboxylic acids is 1. The van der Waals surface area contributed by atoms with Crippen molar-refractivity contribution in [2.24, 2.45) is 11.8 Å². The fraction of sp³-hybridized carbons (Fsp3) is 0.449. The van der Waals surface area contributed by atoms with Crippen LogP contribution in [-0.2, 0) is 48.0 Å². The van der Waals surface area contributed by atoms with Crippen LogP contribution in [0.4, 0.5) is 4.79 Å². The lowest BCUT2D eigenvalue weighted by Crippen LogP contribution is -2.62. The number of urea groups is 1. The van der Waals surface area contributed by atoms with Gasteiger partial charge >= 0.3 is 12.0 Å².